The molecule has 0 spiro atoms. The fourth-order valence-electron chi connectivity index (χ4n) is 1.57. The molecule has 0 aliphatic rings. The number of aromatic amines is 2. The van der Waals surface area contributed by atoms with Gasteiger partial charge < -0.3 is 20.8 Å². The number of ether oxygens (including phenoxy) is 1. The number of anilines is 2. The molecule has 104 valence electrons. The van der Waals surface area contributed by atoms with Crippen molar-refractivity contribution in [1.29, 1.82) is 0 Å². The van der Waals surface area contributed by atoms with Gasteiger partial charge in [0, 0.05) is 18.0 Å². The second-order valence-corrected chi connectivity index (χ2v) is 3.90. The minimum Gasteiger partial charge on any atom is -0.495 e. The van der Waals surface area contributed by atoms with Crippen molar-refractivity contribution in [1.82, 2.24) is 9.97 Å². The number of H-pyrrole nitrogens is 2. The lowest BCUT2D eigenvalue weighted by Crippen LogP contribution is -2.29. The van der Waals surface area contributed by atoms with Crippen LogP contribution in [0.3, 0.4) is 0 Å². The average molecular weight is 276 g/mol. The van der Waals surface area contributed by atoms with Crippen molar-refractivity contribution >= 4 is 17.3 Å². The Bertz CT molecular complexity index is 763. The van der Waals surface area contributed by atoms with Crippen LogP contribution in [0.25, 0.3) is 0 Å². The van der Waals surface area contributed by atoms with Crippen LogP contribution in [0.2, 0.25) is 0 Å². The summed E-state index contributed by atoms with van der Waals surface area (Å²) in [4.78, 5) is 38.4. The monoisotopic (exact) mass is 276 g/mol. The lowest BCUT2D eigenvalue weighted by Gasteiger charge is -2.08. The first-order valence-corrected chi connectivity index (χ1v) is 5.58. The third-order valence-corrected chi connectivity index (χ3v) is 2.56. The molecule has 1 amide bonds. The van der Waals surface area contributed by atoms with Gasteiger partial charge in [-0.25, -0.2) is 4.79 Å². The van der Waals surface area contributed by atoms with E-state index in [2.05, 4.69) is 10.3 Å². The van der Waals surface area contributed by atoms with Crippen LogP contribution in [0.1, 0.15) is 10.4 Å². The van der Waals surface area contributed by atoms with Crippen LogP contribution in [0.15, 0.2) is 34.0 Å². The molecule has 1 aromatic heterocycles. The number of rotatable bonds is 3. The molecule has 2 rings (SSSR count). The summed E-state index contributed by atoms with van der Waals surface area (Å²) in [5.74, 6) is -0.257. The van der Waals surface area contributed by atoms with E-state index in [1.807, 2.05) is 4.98 Å². The molecule has 0 atom stereocenters. The van der Waals surface area contributed by atoms with Crippen molar-refractivity contribution in [3.63, 3.8) is 0 Å². The Morgan fingerprint density at radius 1 is 1.35 bits per heavy atom. The van der Waals surface area contributed by atoms with Crippen molar-refractivity contribution in [2.24, 2.45) is 0 Å². The van der Waals surface area contributed by atoms with E-state index >= 15 is 0 Å². The number of methoxy groups -OCH3 is 1. The third-order valence-electron chi connectivity index (χ3n) is 2.56. The van der Waals surface area contributed by atoms with Gasteiger partial charge >= 0.3 is 5.69 Å². The Labute approximate surface area is 112 Å². The summed E-state index contributed by atoms with van der Waals surface area (Å²) in [6.07, 6.45) is 1.05. The first-order chi connectivity index (χ1) is 9.51. The fourth-order valence-corrected chi connectivity index (χ4v) is 1.57. The van der Waals surface area contributed by atoms with E-state index in [0.29, 0.717) is 17.1 Å². The molecule has 1 aromatic carbocycles. The van der Waals surface area contributed by atoms with Crippen LogP contribution < -0.4 is 27.0 Å². The molecule has 8 heteroatoms. The highest BCUT2D eigenvalue weighted by Gasteiger charge is 2.12. The predicted octanol–water partition coefficient (Wildman–Crippen LogP) is -0.0937. The van der Waals surface area contributed by atoms with Gasteiger partial charge in [-0.05, 0) is 12.1 Å². The molecule has 0 aliphatic heterocycles. The Hall–Kier alpha value is -3.03. The number of aromatic nitrogens is 2. The number of nitrogens with two attached hydrogens (primary N) is 1. The van der Waals surface area contributed by atoms with Gasteiger partial charge in [0.15, 0.2) is 0 Å². The molecule has 0 saturated carbocycles. The SMILES string of the molecule is COc1cc(NC(=O)c2c[nH]c(=O)[nH]c2=O)ccc1N. The maximum absolute atomic E-state index is 11.9. The molecule has 0 saturated heterocycles. The lowest BCUT2D eigenvalue weighted by atomic mass is 10.2. The minimum atomic E-state index is -0.770. The number of carbonyl (C=O) groups excluding carboxylic acids is 1. The van der Waals surface area contributed by atoms with Gasteiger partial charge in [0.25, 0.3) is 11.5 Å². The maximum atomic E-state index is 11.9. The summed E-state index contributed by atoms with van der Waals surface area (Å²) in [6, 6.07) is 4.65. The quantitative estimate of drug-likeness (QED) is 0.582. The largest absolute Gasteiger partial charge is 0.495 e. The van der Waals surface area contributed by atoms with E-state index in [-0.39, 0.29) is 5.56 Å². The van der Waals surface area contributed by atoms with E-state index in [0.717, 1.165) is 6.20 Å². The Balaban J connectivity index is 2.28. The van der Waals surface area contributed by atoms with Crippen LogP contribution in [0, 0.1) is 0 Å². The number of carbonyl (C=O) groups is 1. The predicted molar refractivity (Wildman–Crippen MR) is 73.0 cm³/mol. The number of amides is 1. The van der Waals surface area contributed by atoms with Crippen LogP contribution in [0.5, 0.6) is 5.75 Å². The smallest absolute Gasteiger partial charge is 0.325 e. The summed E-state index contributed by atoms with van der Waals surface area (Å²) in [5, 5.41) is 2.50. The summed E-state index contributed by atoms with van der Waals surface area (Å²) in [6.45, 7) is 0. The molecule has 0 unspecified atom stereocenters. The van der Waals surface area contributed by atoms with Gasteiger partial charge in [-0.15, -0.1) is 0 Å². The molecule has 2 aromatic rings. The van der Waals surface area contributed by atoms with Gasteiger partial charge in [0.2, 0.25) is 0 Å². The summed E-state index contributed by atoms with van der Waals surface area (Å²) in [5.41, 5.74) is 4.83. The third kappa shape index (κ3) is 2.69. The topological polar surface area (TPSA) is 130 Å². The van der Waals surface area contributed by atoms with E-state index in [4.69, 9.17) is 10.5 Å². The van der Waals surface area contributed by atoms with Crippen LogP contribution >= 0.6 is 0 Å². The average Bonchev–Trinajstić information content (AvgIpc) is 2.40. The summed E-state index contributed by atoms with van der Waals surface area (Å²) >= 11 is 0. The van der Waals surface area contributed by atoms with Crippen LogP contribution in [-0.4, -0.2) is 23.0 Å². The molecule has 0 radical (unpaired) electrons. The van der Waals surface area contributed by atoms with Crippen LogP contribution in [-0.2, 0) is 0 Å². The number of nitrogen functional groups attached to an aromatic ring is 1. The zero-order chi connectivity index (χ0) is 14.7. The number of nitrogens with one attached hydrogen (secondary N) is 3. The Morgan fingerprint density at radius 3 is 2.75 bits per heavy atom. The molecule has 0 fully saturated rings. The van der Waals surface area contributed by atoms with E-state index in [1.54, 1.807) is 12.1 Å². The Morgan fingerprint density at radius 2 is 2.10 bits per heavy atom. The van der Waals surface area contributed by atoms with Crippen molar-refractivity contribution in [3.8, 4) is 5.75 Å². The maximum Gasteiger partial charge on any atom is 0.325 e. The van der Waals surface area contributed by atoms with Crippen molar-refractivity contribution < 1.29 is 9.53 Å². The van der Waals surface area contributed by atoms with E-state index < -0.39 is 17.2 Å². The zero-order valence-corrected chi connectivity index (χ0v) is 10.5. The lowest BCUT2D eigenvalue weighted by molar-refractivity contribution is 0.102. The van der Waals surface area contributed by atoms with Crippen molar-refractivity contribution in [2.75, 3.05) is 18.2 Å². The Kier molecular flexibility index (Phi) is 3.56. The van der Waals surface area contributed by atoms with Crippen molar-refractivity contribution in [3.05, 3.63) is 50.8 Å². The fraction of sp³-hybridized carbons (Fsp3) is 0.0833. The van der Waals surface area contributed by atoms with E-state index in [9.17, 15) is 14.4 Å². The molecule has 8 nitrogen and oxygen atoms in total. The molecule has 1 heterocycles. The van der Waals surface area contributed by atoms with Gasteiger partial charge in [-0.3, -0.25) is 14.6 Å². The van der Waals surface area contributed by atoms with Gasteiger partial charge in [-0.2, -0.15) is 0 Å². The first-order valence-electron chi connectivity index (χ1n) is 5.58. The highest BCUT2D eigenvalue weighted by atomic mass is 16.5. The molecule has 5 N–H and O–H groups in total. The standard InChI is InChI=1S/C12H12N4O4/c1-20-9-4-6(2-3-8(9)13)15-10(17)7-5-14-12(19)16-11(7)18/h2-5H,13H2,1H3,(H,15,17)(H2,14,16,18,19). The normalized spacial score (nSPS) is 10.1. The first kappa shape index (κ1) is 13.4. The number of benzene rings is 1. The highest BCUT2D eigenvalue weighted by Crippen LogP contribution is 2.25. The number of hydrogen-bond donors (Lipinski definition) is 4. The molecule has 0 bridgehead atoms. The zero-order valence-electron chi connectivity index (χ0n) is 10.5. The highest BCUT2D eigenvalue weighted by molar-refractivity contribution is 6.03. The second-order valence-electron chi connectivity index (χ2n) is 3.90. The van der Waals surface area contributed by atoms with Crippen molar-refractivity contribution in [2.45, 2.75) is 0 Å². The van der Waals surface area contributed by atoms with Gasteiger partial charge in [0.1, 0.15) is 11.3 Å². The number of hydrogen-bond acceptors (Lipinski definition) is 5. The second kappa shape index (κ2) is 5.31. The molecular formula is C12H12N4O4. The molecule has 0 aliphatic carbocycles. The van der Waals surface area contributed by atoms with Crippen LogP contribution in [0.4, 0.5) is 11.4 Å². The molecular weight excluding hydrogens is 264 g/mol. The minimum absolute atomic E-state index is 0.208. The molecule has 20 heavy (non-hydrogen) atoms. The summed E-state index contributed by atoms with van der Waals surface area (Å²) in [7, 11) is 1.45. The summed E-state index contributed by atoms with van der Waals surface area (Å²) < 4.78 is 5.02. The van der Waals surface area contributed by atoms with E-state index in [1.165, 1.54) is 13.2 Å². The van der Waals surface area contributed by atoms with Gasteiger partial charge in [-0.1, -0.05) is 0 Å². The van der Waals surface area contributed by atoms with Gasteiger partial charge in [0.05, 0.1) is 12.8 Å².